The first kappa shape index (κ1) is 13.1. The molecule has 0 amide bonds. The molecule has 18 heavy (non-hydrogen) atoms. The van der Waals surface area contributed by atoms with Gasteiger partial charge in [-0.05, 0) is 32.9 Å². The van der Waals surface area contributed by atoms with Gasteiger partial charge in [0.25, 0.3) is 0 Å². The zero-order valence-electron chi connectivity index (χ0n) is 10.7. The molecule has 2 rings (SSSR count). The van der Waals surface area contributed by atoms with Crippen LogP contribution in [0.25, 0.3) is 10.6 Å². The summed E-state index contributed by atoms with van der Waals surface area (Å²) in [6.07, 6.45) is 0. The first-order valence-corrected chi connectivity index (χ1v) is 6.59. The highest BCUT2D eigenvalue weighted by Crippen LogP contribution is 2.24. The average Bonchev–Trinajstić information content (AvgIpc) is 2.74. The number of hydrogen-bond donors (Lipinski definition) is 1. The number of aromatic nitrogens is 2. The Bertz CT molecular complexity index is 531. The molecule has 0 fully saturated rings. The molecule has 0 saturated heterocycles. The number of rotatable bonds is 3. The summed E-state index contributed by atoms with van der Waals surface area (Å²) in [6, 6.07) is 6.41. The maximum atomic E-state index is 13.1. The van der Waals surface area contributed by atoms with Crippen LogP contribution in [0.5, 0.6) is 0 Å². The van der Waals surface area contributed by atoms with Crippen molar-refractivity contribution in [3.8, 4) is 10.6 Å². The Morgan fingerprint density at radius 3 is 2.72 bits per heavy atom. The van der Waals surface area contributed by atoms with Gasteiger partial charge in [0.05, 0.1) is 6.54 Å². The summed E-state index contributed by atoms with van der Waals surface area (Å²) in [5, 5.41) is 13.2. The molecule has 0 aliphatic heterocycles. The van der Waals surface area contributed by atoms with Crippen molar-refractivity contribution in [1.82, 2.24) is 15.5 Å². The van der Waals surface area contributed by atoms with E-state index in [0.29, 0.717) is 6.54 Å². The third-order valence-corrected chi connectivity index (χ3v) is 3.28. The van der Waals surface area contributed by atoms with Gasteiger partial charge < -0.3 is 5.32 Å². The van der Waals surface area contributed by atoms with Gasteiger partial charge in [0.15, 0.2) is 0 Å². The van der Waals surface area contributed by atoms with E-state index in [-0.39, 0.29) is 11.4 Å². The van der Waals surface area contributed by atoms with Gasteiger partial charge in [0, 0.05) is 11.1 Å². The van der Waals surface area contributed by atoms with Gasteiger partial charge in [-0.2, -0.15) is 0 Å². The molecule has 0 radical (unpaired) electrons. The van der Waals surface area contributed by atoms with Gasteiger partial charge in [-0.25, -0.2) is 4.39 Å². The monoisotopic (exact) mass is 265 g/mol. The molecule has 1 heterocycles. The highest BCUT2D eigenvalue weighted by molar-refractivity contribution is 7.14. The van der Waals surface area contributed by atoms with E-state index in [4.69, 9.17) is 0 Å². The normalized spacial score (nSPS) is 11.8. The van der Waals surface area contributed by atoms with Gasteiger partial charge in [0.1, 0.15) is 15.8 Å². The standard InChI is InChI=1S/C13H16FN3S/c1-13(2,3)15-8-11-16-17-12(18-11)9-5-4-6-10(14)7-9/h4-7,15H,8H2,1-3H3. The molecule has 0 spiro atoms. The van der Waals surface area contributed by atoms with Crippen LogP contribution < -0.4 is 5.32 Å². The minimum absolute atomic E-state index is 0.0463. The molecule has 2 aromatic rings. The SMILES string of the molecule is CC(C)(C)NCc1nnc(-c2cccc(F)c2)s1. The van der Waals surface area contributed by atoms with Crippen molar-refractivity contribution < 1.29 is 4.39 Å². The van der Waals surface area contributed by atoms with Crippen LogP contribution in [0.15, 0.2) is 24.3 Å². The summed E-state index contributed by atoms with van der Waals surface area (Å²) in [7, 11) is 0. The second-order valence-corrected chi connectivity index (χ2v) is 6.18. The second-order valence-electron chi connectivity index (χ2n) is 5.11. The van der Waals surface area contributed by atoms with Crippen LogP contribution >= 0.6 is 11.3 Å². The van der Waals surface area contributed by atoms with E-state index >= 15 is 0 Å². The molecule has 0 saturated carbocycles. The molecule has 1 aromatic carbocycles. The quantitative estimate of drug-likeness (QED) is 0.926. The molecule has 0 atom stereocenters. The lowest BCUT2D eigenvalue weighted by Crippen LogP contribution is -2.35. The Balaban J connectivity index is 2.11. The van der Waals surface area contributed by atoms with Crippen molar-refractivity contribution in [2.24, 2.45) is 0 Å². The third-order valence-electron chi connectivity index (χ3n) is 2.31. The molecule has 3 nitrogen and oxygen atoms in total. The van der Waals surface area contributed by atoms with Crippen LogP contribution in [0.3, 0.4) is 0 Å². The zero-order chi connectivity index (χ0) is 13.2. The average molecular weight is 265 g/mol. The van der Waals surface area contributed by atoms with E-state index in [0.717, 1.165) is 15.6 Å². The van der Waals surface area contributed by atoms with E-state index in [1.165, 1.54) is 23.5 Å². The van der Waals surface area contributed by atoms with E-state index in [1.807, 2.05) is 6.07 Å². The highest BCUT2D eigenvalue weighted by Gasteiger charge is 2.12. The highest BCUT2D eigenvalue weighted by atomic mass is 32.1. The minimum atomic E-state index is -0.253. The van der Waals surface area contributed by atoms with Crippen molar-refractivity contribution in [3.63, 3.8) is 0 Å². The maximum Gasteiger partial charge on any atom is 0.147 e. The van der Waals surface area contributed by atoms with Crippen molar-refractivity contribution in [2.45, 2.75) is 32.9 Å². The van der Waals surface area contributed by atoms with Gasteiger partial charge in [-0.1, -0.05) is 23.5 Å². The Morgan fingerprint density at radius 1 is 1.28 bits per heavy atom. The second kappa shape index (κ2) is 5.12. The number of nitrogens with one attached hydrogen (secondary N) is 1. The summed E-state index contributed by atoms with van der Waals surface area (Å²) < 4.78 is 13.1. The van der Waals surface area contributed by atoms with Gasteiger partial charge in [0.2, 0.25) is 0 Å². The van der Waals surface area contributed by atoms with Gasteiger partial charge in [-0.15, -0.1) is 10.2 Å². The lowest BCUT2D eigenvalue weighted by molar-refractivity contribution is 0.423. The predicted molar refractivity (Wildman–Crippen MR) is 71.9 cm³/mol. The van der Waals surface area contributed by atoms with Crippen LogP contribution in [0.2, 0.25) is 0 Å². The first-order valence-electron chi connectivity index (χ1n) is 5.77. The molecule has 1 N–H and O–H groups in total. The van der Waals surface area contributed by atoms with Crippen molar-refractivity contribution >= 4 is 11.3 Å². The number of halogens is 1. The van der Waals surface area contributed by atoms with Crippen LogP contribution in [0.4, 0.5) is 4.39 Å². The summed E-state index contributed by atoms with van der Waals surface area (Å²) in [5.74, 6) is -0.253. The molecular formula is C13H16FN3S. The van der Waals surface area contributed by atoms with Crippen molar-refractivity contribution in [2.75, 3.05) is 0 Å². The number of benzene rings is 1. The topological polar surface area (TPSA) is 37.8 Å². The molecule has 96 valence electrons. The third kappa shape index (κ3) is 3.58. The van der Waals surface area contributed by atoms with E-state index in [1.54, 1.807) is 6.07 Å². The zero-order valence-corrected chi connectivity index (χ0v) is 11.5. The smallest absolute Gasteiger partial charge is 0.147 e. The van der Waals surface area contributed by atoms with E-state index in [2.05, 4.69) is 36.3 Å². The lowest BCUT2D eigenvalue weighted by Gasteiger charge is -2.19. The van der Waals surface area contributed by atoms with Crippen molar-refractivity contribution in [3.05, 3.63) is 35.1 Å². The molecule has 0 bridgehead atoms. The van der Waals surface area contributed by atoms with Crippen LogP contribution in [-0.2, 0) is 6.54 Å². The molecule has 0 aliphatic carbocycles. The molecule has 0 unspecified atom stereocenters. The fourth-order valence-electron chi connectivity index (χ4n) is 1.40. The summed E-state index contributed by atoms with van der Waals surface area (Å²) in [4.78, 5) is 0. The fraction of sp³-hybridized carbons (Fsp3) is 0.385. The molecule has 1 aromatic heterocycles. The summed E-state index contributed by atoms with van der Waals surface area (Å²) in [6.45, 7) is 6.97. The Morgan fingerprint density at radius 2 is 2.06 bits per heavy atom. The van der Waals surface area contributed by atoms with Crippen LogP contribution in [-0.4, -0.2) is 15.7 Å². The van der Waals surface area contributed by atoms with Gasteiger partial charge in [-0.3, -0.25) is 0 Å². The largest absolute Gasteiger partial charge is 0.306 e. The van der Waals surface area contributed by atoms with E-state index in [9.17, 15) is 4.39 Å². The predicted octanol–water partition coefficient (Wildman–Crippen LogP) is 3.23. The summed E-state index contributed by atoms with van der Waals surface area (Å²) in [5.41, 5.74) is 0.819. The molecule has 5 heteroatoms. The Labute approximate surface area is 110 Å². The minimum Gasteiger partial charge on any atom is -0.306 e. The van der Waals surface area contributed by atoms with Crippen LogP contribution in [0, 0.1) is 5.82 Å². The molecular weight excluding hydrogens is 249 g/mol. The van der Waals surface area contributed by atoms with Crippen LogP contribution in [0.1, 0.15) is 25.8 Å². The van der Waals surface area contributed by atoms with E-state index < -0.39 is 0 Å². The fourth-order valence-corrected chi connectivity index (χ4v) is 2.18. The summed E-state index contributed by atoms with van der Waals surface area (Å²) >= 11 is 1.48. The van der Waals surface area contributed by atoms with Gasteiger partial charge >= 0.3 is 0 Å². The lowest BCUT2D eigenvalue weighted by atomic mass is 10.1. The Kier molecular flexibility index (Phi) is 3.73. The molecule has 0 aliphatic rings. The maximum absolute atomic E-state index is 13.1. The van der Waals surface area contributed by atoms with Crippen molar-refractivity contribution in [1.29, 1.82) is 0 Å². The first-order chi connectivity index (χ1) is 8.44. The number of hydrogen-bond acceptors (Lipinski definition) is 4. The number of nitrogens with zero attached hydrogens (tertiary/aromatic N) is 2. The Hall–Kier alpha value is -1.33.